The summed E-state index contributed by atoms with van der Waals surface area (Å²) in [5.74, 6) is 0.672. The van der Waals surface area contributed by atoms with Gasteiger partial charge in [-0.25, -0.2) is 0 Å². The van der Waals surface area contributed by atoms with Gasteiger partial charge in [0.2, 0.25) is 5.91 Å². The van der Waals surface area contributed by atoms with Crippen LogP contribution in [-0.2, 0) is 23.8 Å². The van der Waals surface area contributed by atoms with E-state index in [1.165, 1.54) is 0 Å². The molecule has 0 bridgehead atoms. The first-order valence-electron chi connectivity index (χ1n) is 10.0. The van der Waals surface area contributed by atoms with Gasteiger partial charge in [-0.15, -0.1) is 0 Å². The lowest BCUT2D eigenvalue weighted by atomic mass is 9.80. The zero-order chi connectivity index (χ0) is 19.8. The predicted octanol–water partition coefficient (Wildman–Crippen LogP) is 3.23. The summed E-state index contributed by atoms with van der Waals surface area (Å²) in [5.41, 5.74) is 0. The van der Waals surface area contributed by atoms with E-state index < -0.39 is 0 Å². The zero-order valence-corrected chi connectivity index (χ0v) is 17.3. The number of carbonyl (C=O) groups is 2. The molecule has 0 saturated heterocycles. The fraction of sp³-hybridized carbons (Fsp3) is 0.900. The van der Waals surface area contributed by atoms with Gasteiger partial charge < -0.3 is 19.5 Å². The van der Waals surface area contributed by atoms with Crippen LogP contribution in [0.25, 0.3) is 0 Å². The third-order valence-electron chi connectivity index (χ3n) is 4.34. The van der Waals surface area contributed by atoms with Crippen molar-refractivity contribution >= 4 is 11.7 Å². The minimum absolute atomic E-state index is 0. The van der Waals surface area contributed by atoms with Crippen LogP contribution in [0, 0.1) is 11.8 Å². The van der Waals surface area contributed by atoms with Crippen molar-refractivity contribution in [2.45, 2.75) is 65.8 Å². The SMILES string of the molecule is CC.COCCOCCOCCC(=O)NC1CCC(C(=O)C(C)C)CC1.[HH]. The molecule has 156 valence electrons. The largest absolute Gasteiger partial charge is 0.382 e. The highest BCUT2D eigenvalue weighted by Gasteiger charge is 2.27. The van der Waals surface area contributed by atoms with E-state index in [2.05, 4.69) is 5.32 Å². The van der Waals surface area contributed by atoms with E-state index in [0.717, 1.165) is 25.7 Å². The van der Waals surface area contributed by atoms with E-state index in [0.29, 0.717) is 45.2 Å². The molecule has 6 nitrogen and oxygen atoms in total. The van der Waals surface area contributed by atoms with Gasteiger partial charge >= 0.3 is 0 Å². The minimum atomic E-state index is 0. The third kappa shape index (κ3) is 11.6. The van der Waals surface area contributed by atoms with Crippen molar-refractivity contribution in [3.8, 4) is 0 Å². The van der Waals surface area contributed by atoms with Crippen molar-refractivity contribution in [1.82, 2.24) is 5.32 Å². The van der Waals surface area contributed by atoms with Crippen molar-refractivity contribution in [3.63, 3.8) is 0 Å². The molecule has 0 radical (unpaired) electrons. The number of hydrogen-bond donors (Lipinski definition) is 1. The van der Waals surface area contributed by atoms with E-state index in [1.807, 2.05) is 27.7 Å². The van der Waals surface area contributed by atoms with Crippen LogP contribution in [0.4, 0.5) is 0 Å². The summed E-state index contributed by atoms with van der Waals surface area (Å²) >= 11 is 0. The van der Waals surface area contributed by atoms with Crippen LogP contribution in [-0.4, -0.2) is 57.9 Å². The fourth-order valence-electron chi connectivity index (χ4n) is 2.92. The standard InChI is InChI=1S/C18H33NO5.C2H6.H2/c1-14(2)18(21)15-4-6-16(7-5-15)19-17(20)8-9-23-12-13-24-11-10-22-3;1-2;/h14-16H,4-13H2,1-3H3,(H,19,20);1-2H3;1H. The molecule has 6 heteroatoms. The topological polar surface area (TPSA) is 73.9 Å². The maximum absolute atomic E-state index is 12.0. The number of nitrogens with one attached hydrogen (secondary N) is 1. The molecular formula is C20H41NO5. The molecule has 0 unspecified atom stereocenters. The molecule has 0 aliphatic heterocycles. The Morgan fingerprint density at radius 2 is 1.50 bits per heavy atom. The van der Waals surface area contributed by atoms with Crippen LogP contribution < -0.4 is 5.32 Å². The maximum atomic E-state index is 12.0. The maximum Gasteiger partial charge on any atom is 0.222 e. The lowest BCUT2D eigenvalue weighted by Gasteiger charge is -2.29. The Kier molecular flexibility index (Phi) is 15.6. The highest BCUT2D eigenvalue weighted by Crippen LogP contribution is 2.27. The van der Waals surface area contributed by atoms with E-state index in [1.54, 1.807) is 7.11 Å². The van der Waals surface area contributed by atoms with Crippen LogP contribution in [0.2, 0.25) is 0 Å². The first-order chi connectivity index (χ1) is 12.5. The van der Waals surface area contributed by atoms with Crippen molar-refractivity contribution in [3.05, 3.63) is 0 Å². The van der Waals surface area contributed by atoms with E-state index >= 15 is 0 Å². The van der Waals surface area contributed by atoms with Gasteiger partial charge in [-0.1, -0.05) is 27.7 Å². The van der Waals surface area contributed by atoms with Crippen molar-refractivity contribution < 1.29 is 25.2 Å². The fourth-order valence-corrected chi connectivity index (χ4v) is 2.92. The number of hydrogen-bond acceptors (Lipinski definition) is 5. The summed E-state index contributed by atoms with van der Waals surface area (Å²) in [7, 11) is 1.63. The lowest BCUT2D eigenvalue weighted by molar-refractivity contribution is -0.127. The van der Waals surface area contributed by atoms with Crippen LogP contribution in [0.3, 0.4) is 0 Å². The molecule has 1 amide bonds. The van der Waals surface area contributed by atoms with E-state index in [4.69, 9.17) is 14.2 Å². The Morgan fingerprint density at radius 1 is 0.962 bits per heavy atom. The summed E-state index contributed by atoms with van der Waals surface area (Å²) < 4.78 is 15.5. The van der Waals surface area contributed by atoms with Crippen molar-refractivity contribution in [2.75, 3.05) is 40.1 Å². The number of carbonyl (C=O) groups excluding carboxylic acids is 2. The second-order valence-electron chi connectivity index (χ2n) is 6.64. The smallest absolute Gasteiger partial charge is 0.222 e. The van der Waals surface area contributed by atoms with Crippen LogP contribution in [0.1, 0.15) is 61.2 Å². The lowest BCUT2D eigenvalue weighted by Crippen LogP contribution is -2.39. The highest BCUT2D eigenvalue weighted by atomic mass is 16.5. The van der Waals surface area contributed by atoms with E-state index in [-0.39, 0.29) is 25.2 Å². The van der Waals surface area contributed by atoms with Gasteiger partial charge in [0.15, 0.2) is 0 Å². The minimum Gasteiger partial charge on any atom is -0.382 e. The molecule has 0 spiro atoms. The monoisotopic (exact) mass is 375 g/mol. The molecule has 1 aliphatic carbocycles. The summed E-state index contributed by atoms with van der Waals surface area (Å²) in [5, 5.41) is 3.05. The Labute approximate surface area is 160 Å². The number of Topliss-reactive ketones (excluding diaryl/α,β-unsaturated/α-hetero) is 1. The Hall–Kier alpha value is -0.980. The molecule has 0 aromatic carbocycles. The number of rotatable bonds is 12. The number of amides is 1. The van der Waals surface area contributed by atoms with E-state index in [9.17, 15) is 9.59 Å². The second-order valence-corrected chi connectivity index (χ2v) is 6.64. The molecule has 26 heavy (non-hydrogen) atoms. The Bertz CT molecular complexity index is 371. The van der Waals surface area contributed by atoms with Crippen LogP contribution >= 0.6 is 0 Å². The van der Waals surface area contributed by atoms with Crippen molar-refractivity contribution in [1.29, 1.82) is 0 Å². The molecule has 1 fully saturated rings. The molecule has 1 saturated carbocycles. The number of methoxy groups -OCH3 is 1. The first-order valence-corrected chi connectivity index (χ1v) is 10.0. The summed E-state index contributed by atoms with van der Waals surface area (Å²) in [4.78, 5) is 23.9. The van der Waals surface area contributed by atoms with Crippen molar-refractivity contribution in [2.24, 2.45) is 11.8 Å². The second kappa shape index (κ2) is 16.2. The van der Waals surface area contributed by atoms with Crippen LogP contribution in [0.5, 0.6) is 0 Å². The molecule has 1 N–H and O–H groups in total. The number of ether oxygens (including phenoxy) is 3. The molecule has 0 aromatic rings. The van der Waals surface area contributed by atoms with Gasteiger partial charge in [-0.2, -0.15) is 0 Å². The van der Waals surface area contributed by atoms with Gasteiger partial charge in [-0.3, -0.25) is 9.59 Å². The Balaban J connectivity index is 0. The first kappa shape index (κ1) is 25.0. The average Bonchev–Trinajstić information content (AvgIpc) is 2.65. The van der Waals surface area contributed by atoms with Gasteiger partial charge in [0.1, 0.15) is 5.78 Å². The van der Waals surface area contributed by atoms with Gasteiger partial charge in [-0.05, 0) is 25.7 Å². The molecule has 1 rings (SSSR count). The zero-order valence-electron chi connectivity index (χ0n) is 17.3. The third-order valence-corrected chi connectivity index (χ3v) is 4.34. The number of ketones is 1. The predicted molar refractivity (Wildman–Crippen MR) is 105 cm³/mol. The van der Waals surface area contributed by atoms with Gasteiger partial charge in [0.25, 0.3) is 0 Å². The molecule has 1 aliphatic rings. The molecule has 0 aromatic heterocycles. The summed E-state index contributed by atoms with van der Waals surface area (Å²) in [6.07, 6.45) is 3.92. The Morgan fingerprint density at radius 3 is 2.04 bits per heavy atom. The van der Waals surface area contributed by atoms with Gasteiger partial charge in [0, 0.05) is 32.8 Å². The molecule has 0 atom stereocenters. The normalized spacial score (nSPS) is 19.6. The quantitative estimate of drug-likeness (QED) is 0.530. The molecular weight excluding hydrogens is 334 g/mol. The highest BCUT2D eigenvalue weighted by molar-refractivity contribution is 5.83. The van der Waals surface area contributed by atoms with Crippen LogP contribution in [0.15, 0.2) is 0 Å². The summed E-state index contributed by atoms with van der Waals surface area (Å²) in [6, 6.07) is 0.200. The molecule has 0 heterocycles. The average molecular weight is 376 g/mol. The van der Waals surface area contributed by atoms with Gasteiger partial charge in [0.05, 0.1) is 33.0 Å². The summed E-state index contributed by atoms with van der Waals surface area (Å²) in [6.45, 7) is 10.5.